The number of nitrogens with zero attached hydrogens (tertiary/aromatic N) is 2. The van der Waals surface area contributed by atoms with Crippen LogP contribution in [-0.4, -0.2) is 36.6 Å². The third-order valence-electron chi connectivity index (χ3n) is 5.73. The summed E-state index contributed by atoms with van der Waals surface area (Å²) in [7, 11) is 0. The number of hydrogen-bond acceptors (Lipinski definition) is 4. The first-order valence-corrected chi connectivity index (χ1v) is 10.00. The summed E-state index contributed by atoms with van der Waals surface area (Å²) in [5, 5.41) is 3.14. The molecule has 25 heavy (non-hydrogen) atoms. The highest BCUT2D eigenvalue weighted by atomic mass is 16.1. The average molecular weight is 345 g/mol. The molecule has 1 saturated carbocycles. The van der Waals surface area contributed by atoms with Crippen molar-refractivity contribution in [2.75, 3.05) is 24.5 Å². The molecule has 1 atom stereocenters. The molecule has 1 aromatic heterocycles. The van der Waals surface area contributed by atoms with Crippen LogP contribution in [0.3, 0.4) is 0 Å². The Morgan fingerprint density at radius 3 is 2.40 bits per heavy atom. The van der Waals surface area contributed by atoms with Gasteiger partial charge in [-0.15, -0.1) is 0 Å². The van der Waals surface area contributed by atoms with Crippen molar-refractivity contribution in [3.8, 4) is 0 Å². The fourth-order valence-corrected chi connectivity index (χ4v) is 4.16. The van der Waals surface area contributed by atoms with Crippen molar-refractivity contribution in [1.29, 1.82) is 0 Å². The fourth-order valence-electron chi connectivity index (χ4n) is 4.16. The van der Waals surface area contributed by atoms with E-state index >= 15 is 0 Å². The number of nitrogens with one attached hydrogen (secondary N) is 1. The van der Waals surface area contributed by atoms with Gasteiger partial charge in [-0.05, 0) is 43.7 Å². The predicted molar refractivity (Wildman–Crippen MR) is 102 cm³/mol. The summed E-state index contributed by atoms with van der Waals surface area (Å²) in [6.45, 7) is 2.64. The second-order valence-electron chi connectivity index (χ2n) is 7.52. The van der Waals surface area contributed by atoms with E-state index in [0.29, 0.717) is 18.0 Å². The quantitative estimate of drug-likeness (QED) is 0.861. The molecule has 3 N–H and O–H groups in total. The van der Waals surface area contributed by atoms with Gasteiger partial charge in [-0.2, -0.15) is 0 Å². The zero-order valence-electron chi connectivity index (χ0n) is 15.3. The summed E-state index contributed by atoms with van der Waals surface area (Å²) < 4.78 is 0. The first-order chi connectivity index (χ1) is 12.3. The minimum atomic E-state index is -0.0454. The fraction of sp³-hybridized carbons (Fsp3) is 0.700. The van der Waals surface area contributed by atoms with Gasteiger partial charge in [0.05, 0.1) is 5.56 Å². The molecule has 5 nitrogen and oxygen atoms in total. The van der Waals surface area contributed by atoms with E-state index in [1.807, 2.05) is 12.1 Å². The molecule has 1 saturated heterocycles. The molecule has 2 heterocycles. The highest BCUT2D eigenvalue weighted by Gasteiger charge is 2.24. The first kappa shape index (κ1) is 18.2. The highest BCUT2D eigenvalue weighted by Crippen LogP contribution is 2.26. The monoisotopic (exact) mass is 344 g/mol. The highest BCUT2D eigenvalue weighted by molar-refractivity contribution is 5.94. The summed E-state index contributed by atoms with van der Waals surface area (Å²) in [6, 6.07) is 3.97. The molecule has 3 rings (SSSR count). The third kappa shape index (κ3) is 4.94. The van der Waals surface area contributed by atoms with E-state index in [1.54, 1.807) is 6.20 Å². The third-order valence-corrected chi connectivity index (χ3v) is 5.73. The van der Waals surface area contributed by atoms with E-state index in [1.165, 1.54) is 57.8 Å². The molecule has 2 aliphatic rings. The maximum atomic E-state index is 12.6. The molecule has 1 aliphatic heterocycles. The Morgan fingerprint density at radius 2 is 1.80 bits per heavy atom. The van der Waals surface area contributed by atoms with E-state index < -0.39 is 0 Å². The van der Waals surface area contributed by atoms with E-state index in [-0.39, 0.29) is 11.9 Å². The van der Waals surface area contributed by atoms with Crippen LogP contribution in [0.15, 0.2) is 18.3 Å². The lowest BCUT2D eigenvalue weighted by molar-refractivity contribution is 0.0915. The van der Waals surface area contributed by atoms with Crippen LogP contribution >= 0.6 is 0 Å². The van der Waals surface area contributed by atoms with Gasteiger partial charge in [0.1, 0.15) is 5.82 Å². The summed E-state index contributed by atoms with van der Waals surface area (Å²) in [5.41, 5.74) is 6.56. The van der Waals surface area contributed by atoms with Crippen LogP contribution in [0.5, 0.6) is 0 Å². The maximum absolute atomic E-state index is 12.6. The Hall–Kier alpha value is -1.62. The molecule has 0 aromatic carbocycles. The van der Waals surface area contributed by atoms with Crippen molar-refractivity contribution >= 4 is 11.7 Å². The van der Waals surface area contributed by atoms with Gasteiger partial charge in [0.25, 0.3) is 5.91 Å². The standard InChI is InChI=1S/C20H32N4O/c21-14-18(16-8-4-3-5-9-16)23-20(25)17-10-11-19(22-15-17)24-12-6-1-2-7-13-24/h10-11,15-16,18H,1-9,12-14,21H2,(H,23,25). The van der Waals surface area contributed by atoms with E-state index in [0.717, 1.165) is 18.9 Å². The summed E-state index contributed by atoms with van der Waals surface area (Å²) in [5.74, 6) is 1.46. The van der Waals surface area contributed by atoms with Crippen molar-refractivity contribution in [3.63, 3.8) is 0 Å². The molecular weight excluding hydrogens is 312 g/mol. The second kappa shape index (κ2) is 9.18. The largest absolute Gasteiger partial charge is 0.357 e. The van der Waals surface area contributed by atoms with Gasteiger partial charge in [-0.3, -0.25) is 4.79 Å². The van der Waals surface area contributed by atoms with Gasteiger partial charge < -0.3 is 16.0 Å². The number of carbonyl (C=O) groups excluding carboxylic acids is 1. The molecule has 1 aromatic rings. The predicted octanol–water partition coefficient (Wildman–Crippen LogP) is 3.10. The van der Waals surface area contributed by atoms with Crippen LogP contribution in [0, 0.1) is 5.92 Å². The minimum Gasteiger partial charge on any atom is -0.357 e. The van der Waals surface area contributed by atoms with Crippen LogP contribution in [0.2, 0.25) is 0 Å². The first-order valence-electron chi connectivity index (χ1n) is 10.00. The molecule has 0 spiro atoms. The number of pyridine rings is 1. The van der Waals surface area contributed by atoms with Gasteiger partial charge in [0.15, 0.2) is 0 Å². The number of rotatable bonds is 5. The number of amides is 1. The topological polar surface area (TPSA) is 71.2 Å². The van der Waals surface area contributed by atoms with Gasteiger partial charge in [0.2, 0.25) is 0 Å². The lowest BCUT2D eigenvalue weighted by Gasteiger charge is -2.30. The molecule has 138 valence electrons. The zero-order chi connectivity index (χ0) is 17.5. The molecule has 2 fully saturated rings. The van der Waals surface area contributed by atoms with Gasteiger partial charge in [-0.1, -0.05) is 32.1 Å². The molecule has 1 aliphatic carbocycles. The molecule has 0 radical (unpaired) electrons. The minimum absolute atomic E-state index is 0.0454. The molecular formula is C20H32N4O. The van der Waals surface area contributed by atoms with Crippen molar-refractivity contribution in [1.82, 2.24) is 10.3 Å². The Labute approximate surface area is 151 Å². The smallest absolute Gasteiger partial charge is 0.253 e. The van der Waals surface area contributed by atoms with Crippen molar-refractivity contribution < 1.29 is 4.79 Å². The van der Waals surface area contributed by atoms with Crippen LogP contribution in [0.4, 0.5) is 5.82 Å². The van der Waals surface area contributed by atoms with Gasteiger partial charge in [0, 0.05) is 31.9 Å². The number of hydrogen-bond donors (Lipinski definition) is 2. The van der Waals surface area contributed by atoms with Crippen LogP contribution in [-0.2, 0) is 0 Å². The number of aromatic nitrogens is 1. The SMILES string of the molecule is NCC(NC(=O)c1ccc(N2CCCCCC2)nc1)C1CCCCC1. The zero-order valence-corrected chi connectivity index (χ0v) is 15.3. The van der Waals surface area contributed by atoms with E-state index in [9.17, 15) is 4.79 Å². The van der Waals surface area contributed by atoms with E-state index in [2.05, 4.69) is 15.2 Å². The van der Waals surface area contributed by atoms with Crippen molar-refractivity contribution in [2.24, 2.45) is 11.7 Å². The summed E-state index contributed by atoms with van der Waals surface area (Å²) in [4.78, 5) is 19.5. The van der Waals surface area contributed by atoms with E-state index in [4.69, 9.17) is 5.73 Å². The Morgan fingerprint density at radius 1 is 1.12 bits per heavy atom. The Kier molecular flexibility index (Phi) is 6.68. The lowest BCUT2D eigenvalue weighted by Crippen LogP contribution is -2.45. The number of carbonyl (C=O) groups is 1. The lowest BCUT2D eigenvalue weighted by atomic mass is 9.84. The normalized spacial score (nSPS) is 20.8. The number of anilines is 1. The Balaban J connectivity index is 1.59. The number of nitrogens with two attached hydrogens (primary N) is 1. The second-order valence-corrected chi connectivity index (χ2v) is 7.52. The van der Waals surface area contributed by atoms with Crippen molar-refractivity contribution in [3.05, 3.63) is 23.9 Å². The van der Waals surface area contributed by atoms with Crippen LogP contribution in [0.1, 0.15) is 68.1 Å². The molecule has 5 heteroatoms. The maximum Gasteiger partial charge on any atom is 0.253 e. The van der Waals surface area contributed by atoms with Gasteiger partial charge in [-0.25, -0.2) is 4.98 Å². The summed E-state index contributed by atoms with van der Waals surface area (Å²) in [6.07, 6.45) is 12.9. The van der Waals surface area contributed by atoms with Crippen LogP contribution in [0.25, 0.3) is 0 Å². The Bertz CT molecular complexity index is 531. The summed E-state index contributed by atoms with van der Waals surface area (Å²) >= 11 is 0. The average Bonchev–Trinajstić information content (AvgIpc) is 2.96. The van der Waals surface area contributed by atoms with Crippen molar-refractivity contribution in [2.45, 2.75) is 63.8 Å². The molecule has 0 bridgehead atoms. The molecule has 1 unspecified atom stereocenters. The molecule has 1 amide bonds. The van der Waals surface area contributed by atoms with Crippen LogP contribution < -0.4 is 16.0 Å². The van der Waals surface area contributed by atoms with Gasteiger partial charge >= 0.3 is 0 Å².